The molecule has 0 atom stereocenters. The van der Waals surface area contributed by atoms with Gasteiger partial charge in [-0.3, -0.25) is 0 Å². The van der Waals surface area contributed by atoms with Crippen LogP contribution in [0.2, 0.25) is 5.02 Å². The van der Waals surface area contributed by atoms with Crippen molar-refractivity contribution in [1.82, 2.24) is 4.98 Å². The second-order valence-electron chi connectivity index (χ2n) is 5.44. The summed E-state index contributed by atoms with van der Waals surface area (Å²) in [6, 6.07) is 12.4. The van der Waals surface area contributed by atoms with Gasteiger partial charge in [-0.2, -0.15) is 0 Å². The molecule has 5 heteroatoms. The molecular weight excluding hydrogens is 298 g/mol. The van der Waals surface area contributed by atoms with Crippen LogP contribution < -0.4 is 15.0 Å². The molecule has 2 heterocycles. The van der Waals surface area contributed by atoms with Gasteiger partial charge in [-0.15, -0.1) is 0 Å². The molecule has 1 aromatic heterocycles. The molecule has 4 nitrogen and oxygen atoms in total. The lowest BCUT2D eigenvalue weighted by Gasteiger charge is -2.34. The number of para-hydroxylation sites is 2. The molecule has 116 valence electrons. The molecule has 0 spiro atoms. The first kappa shape index (κ1) is 15.0. The van der Waals surface area contributed by atoms with Crippen LogP contribution in [0.4, 0.5) is 11.5 Å². The number of rotatable bonds is 4. The molecule has 1 aliphatic rings. The topological polar surface area (TPSA) is 37.4 Å². The maximum atomic E-state index is 5.86. The van der Waals surface area contributed by atoms with Gasteiger partial charge in [-0.05, 0) is 37.1 Å². The van der Waals surface area contributed by atoms with E-state index in [1.807, 2.05) is 24.3 Å². The zero-order chi connectivity index (χ0) is 15.4. The fraction of sp³-hybridized carbons (Fsp3) is 0.353. The molecule has 0 unspecified atom stereocenters. The first-order valence-electron chi connectivity index (χ1n) is 7.52. The predicted octanol–water partition coefficient (Wildman–Crippen LogP) is 3.82. The molecule has 1 aromatic carbocycles. The van der Waals surface area contributed by atoms with Crippen LogP contribution >= 0.6 is 11.6 Å². The van der Waals surface area contributed by atoms with Crippen molar-refractivity contribution in [2.45, 2.75) is 18.9 Å². The minimum absolute atomic E-state index is 0.444. The van der Waals surface area contributed by atoms with Gasteiger partial charge in [0.05, 0.1) is 17.8 Å². The van der Waals surface area contributed by atoms with Crippen LogP contribution in [0.3, 0.4) is 0 Å². The highest BCUT2D eigenvalue weighted by atomic mass is 35.5. The maximum Gasteiger partial charge on any atom is 0.142 e. The highest BCUT2D eigenvalue weighted by Gasteiger charge is 2.21. The van der Waals surface area contributed by atoms with Crippen molar-refractivity contribution in [3.8, 4) is 5.75 Å². The SMILES string of the molecule is COc1ccccc1N1CCC(Nc2ccc(Cl)cn2)CC1. The summed E-state index contributed by atoms with van der Waals surface area (Å²) in [5.41, 5.74) is 1.17. The highest BCUT2D eigenvalue weighted by molar-refractivity contribution is 6.30. The number of pyridine rings is 1. The van der Waals surface area contributed by atoms with Gasteiger partial charge in [-0.25, -0.2) is 4.98 Å². The first-order chi connectivity index (χ1) is 10.8. The summed E-state index contributed by atoms with van der Waals surface area (Å²) in [6.45, 7) is 2.01. The molecule has 0 aliphatic carbocycles. The second kappa shape index (κ2) is 6.88. The van der Waals surface area contributed by atoms with Gasteiger partial charge in [0.1, 0.15) is 11.6 Å². The van der Waals surface area contributed by atoms with Crippen molar-refractivity contribution in [3.63, 3.8) is 0 Å². The van der Waals surface area contributed by atoms with Crippen LogP contribution in [0.1, 0.15) is 12.8 Å². The van der Waals surface area contributed by atoms with Gasteiger partial charge in [0.15, 0.2) is 0 Å². The van der Waals surface area contributed by atoms with E-state index >= 15 is 0 Å². The number of methoxy groups -OCH3 is 1. The molecule has 0 bridgehead atoms. The smallest absolute Gasteiger partial charge is 0.142 e. The lowest BCUT2D eigenvalue weighted by atomic mass is 10.0. The van der Waals surface area contributed by atoms with Crippen molar-refractivity contribution < 1.29 is 4.74 Å². The van der Waals surface area contributed by atoms with E-state index in [-0.39, 0.29) is 0 Å². The van der Waals surface area contributed by atoms with Gasteiger partial charge in [-0.1, -0.05) is 23.7 Å². The molecule has 1 N–H and O–H groups in total. The monoisotopic (exact) mass is 317 g/mol. The van der Waals surface area contributed by atoms with Gasteiger partial charge >= 0.3 is 0 Å². The van der Waals surface area contributed by atoms with Crippen molar-refractivity contribution in [3.05, 3.63) is 47.6 Å². The van der Waals surface area contributed by atoms with Gasteiger partial charge in [0.25, 0.3) is 0 Å². The Labute approximate surface area is 136 Å². The summed E-state index contributed by atoms with van der Waals surface area (Å²) in [5.74, 6) is 1.83. The quantitative estimate of drug-likeness (QED) is 0.930. The number of halogens is 1. The molecule has 0 saturated carbocycles. The minimum atomic E-state index is 0.444. The minimum Gasteiger partial charge on any atom is -0.495 e. The number of piperidine rings is 1. The Balaban J connectivity index is 1.59. The number of nitrogens with one attached hydrogen (secondary N) is 1. The molecule has 3 rings (SSSR count). The number of nitrogens with zero attached hydrogens (tertiary/aromatic N) is 2. The van der Waals surface area contributed by atoms with Gasteiger partial charge < -0.3 is 15.0 Å². The van der Waals surface area contributed by atoms with Crippen molar-refractivity contribution in [2.75, 3.05) is 30.4 Å². The standard InChI is InChI=1S/C17H20ClN3O/c1-22-16-5-3-2-4-15(16)21-10-8-14(9-11-21)20-17-7-6-13(18)12-19-17/h2-7,12,14H,8-11H2,1H3,(H,19,20). The second-order valence-corrected chi connectivity index (χ2v) is 5.88. The molecule has 0 amide bonds. The van der Waals surface area contributed by atoms with E-state index in [1.165, 1.54) is 5.69 Å². The van der Waals surface area contributed by atoms with E-state index in [1.54, 1.807) is 13.3 Å². The molecule has 1 fully saturated rings. The van der Waals surface area contributed by atoms with Crippen LogP contribution in [0.25, 0.3) is 0 Å². The van der Waals surface area contributed by atoms with E-state index < -0.39 is 0 Å². The van der Waals surface area contributed by atoms with Gasteiger partial charge in [0, 0.05) is 25.3 Å². The highest BCUT2D eigenvalue weighted by Crippen LogP contribution is 2.30. The third-order valence-corrected chi connectivity index (χ3v) is 4.22. The Hall–Kier alpha value is -1.94. The van der Waals surface area contributed by atoms with E-state index in [9.17, 15) is 0 Å². The number of benzene rings is 1. The normalized spacial score (nSPS) is 15.6. The number of ether oxygens (including phenoxy) is 1. The summed E-state index contributed by atoms with van der Waals surface area (Å²) >= 11 is 5.86. The Bertz CT molecular complexity index is 610. The van der Waals surface area contributed by atoms with Crippen molar-refractivity contribution >= 4 is 23.1 Å². The van der Waals surface area contributed by atoms with Crippen LogP contribution in [0, 0.1) is 0 Å². The van der Waals surface area contributed by atoms with Gasteiger partial charge in [0.2, 0.25) is 0 Å². The maximum absolute atomic E-state index is 5.86. The van der Waals surface area contributed by atoms with E-state index in [4.69, 9.17) is 16.3 Å². The lowest BCUT2D eigenvalue weighted by molar-refractivity contribution is 0.411. The fourth-order valence-corrected chi connectivity index (χ4v) is 2.94. The number of hydrogen-bond donors (Lipinski definition) is 1. The number of hydrogen-bond acceptors (Lipinski definition) is 4. The van der Waals surface area contributed by atoms with Crippen LogP contribution in [-0.2, 0) is 0 Å². The summed E-state index contributed by atoms with van der Waals surface area (Å²) in [6.07, 6.45) is 3.82. The average molecular weight is 318 g/mol. The van der Waals surface area contributed by atoms with Crippen LogP contribution in [0.15, 0.2) is 42.6 Å². The zero-order valence-corrected chi connectivity index (χ0v) is 13.4. The Kier molecular flexibility index (Phi) is 4.68. The average Bonchev–Trinajstić information content (AvgIpc) is 2.58. The van der Waals surface area contributed by atoms with E-state index in [0.29, 0.717) is 11.1 Å². The van der Waals surface area contributed by atoms with E-state index in [2.05, 4.69) is 27.3 Å². The summed E-state index contributed by atoms with van der Waals surface area (Å²) in [7, 11) is 1.72. The summed E-state index contributed by atoms with van der Waals surface area (Å²) < 4.78 is 5.45. The third kappa shape index (κ3) is 3.45. The summed E-state index contributed by atoms with van der Waals surface area (Å²) in [4.78, 5) is 6.68. The molecule has 1 saturated heterocycles. The Morgan fingerprint density at radius 1 is 1.18 bits per heavy atom. The molecular formula is C17H20ClN3O. The molecule has 1 aliphatic heterocycles. The number of anilines is 2. The largest absolute Gasteiger partial charge is 0.495 e. The first-order valence-corrected chi connectivity index (χ1v) is 7.90. The fourth-order valence-electron chi connectivity index (χ4n) is 2.83. The Morgan fingerprint density at radius 3 is 2.64 bits per heavy atom. The molecule has 0 radical (unpaired) electrons. The Morgan fingerprint density at radius 2 is 1.95 bits per heavy atom. The molecule has 2 aromatic rings. The third-order valence-electron chi connectivity index (χ3n) is 4.00. The zero-order valence-electron chi connectivity index (χ0n) is 12.6. The molecule has 22 heavy (non-hydrogen) atoms. The number of aromatic nitrogens is 1. The van der Waals surface area contributed by atoms with Crippen molar-refractivity contribution in [1.29, 1.82) is 0 Å². The van der Waals surface area contributed by atoms with Crippen LogP contribution in [0.5, 0.6) is 5.75 Å². The lowest BCUT2D eigenvalue weighted by Crippen LogP contribution is -2.39. The predicted molar refractivity (Wildman–Crippen MR) is 91.1 cm³/mol. The van der Waals surface area contributed by atoms with Crippen LogP contribution in [-0.4, -0.2) is 31.2 Å². The summed E-state index contributed by atoms with van der Waals surface area (Å²) in [5, 5.41) is 4.14. The van der Waals surface area contributed by atoms with E-state index in [0.717, 1.165) is 37.5 Å². The van der Waals surface area contributed by atoms with Crippen molar-refractivity contribution in [2.24, 2.45) is 0 Å².